The molecule has 0 bridgehead atoms. The van der Waals surface area contributed by atoms with E-state index in [-0.39, 0.29) is 12.8 Å². The van der Waals surface area contributed by atoms with Gasteiger partial charge >= 0.3 is 18.1 Å². The maximum absolute atomic E-state index is 12.8. The molecule has 3 unspecified atom stereocenters. The van der Waals surface area contributed by atoms with Crippen LogP contribution in [0.25, 0.3) is 0 Å². The lowest BCUT2D eigenvalue weighted by atomic mass is 9.87. The molecule has 0 aromatic heterocycles. The van der Waals surface area contributed by atoms with E-state index < -0.39 is 41.4 Å². The number of carbonyl (C=O) groups excluding carboxylic acids is 2. The molecule has 128 valence electrons. The van der Waals surface area contributed by atoms with Crippen LogP contribution in [0.5, 0.6) is 0 Å². The minimum absolute atomic E-state index is 0.0564. The highest BCUT2D eigenvalue weighted by Crippen LogP contribution is 2.38. The van der Waals surface area contributed by atoms with Gasteiger partial charge in [-0.05, 0) is 27.7 Å². The van der Waals surface area contributed by atoms with Crippen LogP contribution in [0.1, 0.15) is 47.5 Å². The van der Waals surface area contributed by atoms with E-state index in [0.717, 1.165) is 13.8 Å². The summed E-state index contributed by atoms with van der Waals surface area (Å²) in [5.41, 5.74) is -2.49. The zero-order valence-electron chi connectivity index (χ0n) is 13.3. The van der Waals surface area contributed by atoms with E-state index in [4.69, 9.17) is 9.47 Å². The first-order valence-corrected chi connectivity index (χ1v) is 7.03. The summed E-state index contributed by atoms with van der Waals surface area (Å²) in [6.07, 6.45) is -5.46. The summed E-state index contributed by atoms with van der Waals surface area (Å²) in [7, 11) is 0. The molecule has 0 aliphatic carbocycles. The maximum Gasteiger partial charge on any atom is 0.393 e. The monoisotopic (exact) mass is 325 g/mol. The number of ether oxygens (including phenoxy) is 2. The largest absolute Gasteiger partial charge is 0.460 e. The van der Waals surface area contributed by atoms with Gasteiger partial charge in [-0.1, -0.05) is 6.92 Å². The van der Waals surface area contributed by atoms with Crippen LogP contribution in [0.2, 0.25) is 0 Å². The quantitative estimate of drug-likeness (QED) is 0.805. The molecule has 5 nitrogen and oxygen atoms in total. The van der Waals surface area contributed by atoms with Gasteiger partial charge in [-0.15, -0.1) is 0 Å². The van der Waals surface area contributed by atoms with Crippen LogP contribution in [-0.4, -0.2) is 35.5 Å². The van der Waals surface area contributed by atoms with Crippen molar-refractivity contribution in [3.8, 4) is 0 Å². The Hall–Kier alpha value is -1.31. The second-order valence-electron chi connectivity index (χ2n) is 6.63. The lowest BCUT2D eigenvalue weighted by Crippen LogP contribution is -2.54. The van der Waals surface area contributed by atoms with Crippen LogP contribution in [-0.2, 0) is 19.1 Å². The number of cyclic esters (lactones) is 1. The zero-order chi connectivity index (χ0) is 17.3. The lowest BCUT2D eigenvalue weighted by molar-refractivity contribution is -0.192. The highest BCUT2D eigenvalue weighted by molar-refractivity contribution is 5.83. The average Bonchev–Trinajstić information content (AvgIpc) is 2.59. The summed E-state index contributed by atoms with van der Waals surface area (Å²) >= 11 is 0. The summed E-state index contributed by atoms with van der Waals surface area (Å²) in [4.78, 5) is 23.3. The molecule has 1 rings (SSSR count). The first-order valence-electron chi connectivity index (χ1n) is 7.03. The third-order valence-corrected chi connectivity index (χ3v) is 3.52. The fourth-order valence-electron chi connectivity index (χ4n) is 2.08. The molecule has 0 radical (unpaired) electrons. The van der Waals surface area contributed by atoms with Gasteiger partial charge in [0.05, 0.1) is 12.3 Å². The van der Waals surface area contributed by atoms with E-state index in [1.54, 1.807) is 20.8 Å². The number of esters is 2. The average molecular weight is 325 g/mol. The molecule has 1 aliphatic heterocycles. The molecule has 0 aromatic rings. The molecule has 0 amide bonds. The highest BCUT2D eigenvalue weighted by Gasteiger charge is 2.57. The first-order chi connectivity index (χ1) is 9.75. The van der Waals surface area contributed by atoms with Crippen molar-refractivity contribution in [3.63, 3.8) is 0 Å². The Bertz CT molecular complexity index is 444. The molecular weight excluding hydrogens is 303 g/mol. The van der Waals surface area contributed by atoms with Gasteiger partial charge in [-0.3, -0.25) is 10.1 Å². The fourth-order valence-corrected chi connectivity index (χ4v) is 2.08. The van der Waals surface area contributed by atoms with E-state index >= 15 is 0 Å². The standard InChI is InChI=1S/C14H22F3NO4/c1-8(14(15,16)17)13(5)11(20)21-9(18-13)6-7-10(19)22-12(2,3)4/h8-9,18H,6-7H2,1-5H3. The second kappa shape index (κ2) is 6.06. The summed E-state index contributed by atoms with van der Waals surface area (Å²) in [6.45, 7) is 7.20. The minimum atomic E-state index is -4.53. The highest BCUT2D eigenvalue weighted by atomic mass is 19.4. The molecule has 0 saturated carbocycles. The van der Waals surface area contributed by atoms with Gasteiger partial charge in [-0.2, -0.15) is 13.2 Å². The van der Waals surface area contributed by atoms with Crippen LogP contribution in [0.3, 0.4) is 0 Å². The van der Waals surface area contributed by atoms with Crippen LogP contribution >= 0.6 is 0 Å². The molecule has 0 spiro atoms. The summed E-state index contributed by atoms with van der Waals surface area (Å²) in [5, 5.41) is 2.54. The molecular formula is C14H22F3NO4. The van der Waals surface area contributed by atoms with Crippen LogP contribution in [0.4, 0.5) is 13.2 Å². The van der Waals surface area contributed by atoms with Crippen LogP contribution in [0.15, 0.2) is 0 Å². The van der Waals surface area contributed by atoms with Crippen LogP contribution < -0.4 is 5.32 Å². The number of rotatable bonds is 4. The van der Waals surface area contributed by atoms with E-state index in [1.807, 2.05) is 0 Å². The van der Waals surface area contributed by atoms with Crippen molar-refractivity contribution in [2.24, 2.45) is 5.92 Å². The summed E-state index contributed by atoms with van der Waals surface area (Å²) < 4.78 is 48.5. The fraction of sp³-hybridized carbons (Fsp3) is 0.857. The van der Waals surface area contributed by atoms with Crippen molar-refractivity contribution in [1.29, 1.82) is 0 Å². The Kier molecular flexibility index (Phi) is 5.16. The number of hydrogen-bond acceptors (Lipinski definition) is 5. The predicted octanol–water partition coefficient (Wildman–Crippen LogP) is 2.54. The van der Waals surface area contributed by atoms with Crippen molar-refractivity contribution in [2.75, 3.05) is 0 Å². The molecule has 1 fully saturated rings. The van der Waals surface area contributed by atoms with Gasteiger partial charge in [0.25, 0.3) is 0 Å². The molecule has 0 aromatic carbocycles. The number of halogens is 3. The second-order valence-corrected chi connectivity index (χ2v) is 6.63. The van der Waals surface area contributed by atoms with Gasteiger partial charge in [-0.25, -0.2) is 4.79 Å². The normalized spacial score (nSPS) is 27.5. The number of alkyl halides is 3. The van der Waals surface area contributed by atoms with Crippen molar-refractivity contribution in [2.45, 2.75) is 71.0 Å². The van der Waals surface area contributed by atoms with E-state index in [0.29, 0.717) is 0 Å². The molecule has 1 aliphatic rings. The molecule has 3 atom stereocenters. The third-order valence-electron chi connectivity index (χ3n) is 3.52. The molecule has 1 N–H and O–H groups in total. The minimum Gasteiger partial charge on any atom is -0.460 e. The summed E-state index contributed by atoms with van der Waals surface area (Å²) in [6, 6.07) is 0. The van der Waals surface area contributed by atoms with E-state index in [2.05, 4.69) is 5.32 Å². The van der Waals surface area contributed by atoms with Gasteiger partial charge < -0.3 is 9.47 Å². The maximum atomic E-state index is 12.8. The van der Waals surface area contributed by atoms with Crippen molar-refractivity contribution >= 4 is 11.9 Å². The molecule has 22 heavy (non-hydrogen) atoms. The van der Waals surface area contributed by atoms with Gasteiger partial charge in [0, 0.05) is 6.42 Å². The third kappa shape index (κ3) is 4.59. The Morgan fingerprint density at radius 2 is 1.95 bits per heavy atom. The first kappa shape index (κ1) is 18.7. The van der Waals surface area contributed by atoms with E-state index in [1.165, 1.54) is 0 Å². The Morgan fingerprint density at radius 1 is 1.41 bits per heavy atom. The smallest absolute Gasteiger partial charge is 0.393 e. The van der Waals surface area contributed by atoms with Crippen LogP contribution in [0, 0.1) is 5.92 Å². The lowest BCUT2D eigenvalue weighted by Gasteiger charge is -2.29. The predicted molar refractivity (Wildman–Crippen MR) is 71.7 cm³/mol. The Morgan fingerprint density at radius 3 is 2.41 bits per heavy atom. The van der Waals surface area contributed by atoms with Crippen molar-refractivity contribution < 1.29 is 32.2 Å². The molecule has 1 saturated heterocycles. The Labute approximate surface area is 127 Å². The van der Waals surface area contributed by atoms with E-state index in [9.17, 15) is 22.8 Å². The Balaban J connectivity index is 2.61. The van der Waals surface area contributed by atoms with Gasteiger partial charge in [0.2, 0.25) is 0 Å². The zero-order valence-corrected chi connectivity index (χ0v) is 13.3. The summed E-state index contributed by atoms with van der Waals surface area (Å²) in [5.74, 6) is -3.37. The van der Waals surface area contributed by atoms with Crippen molar-refractivity contribution in [1.82, 2.24) is 5.32 Å². The van der Waals surface area contributed by atoms with Gasteiger partial charge in [0.1, 0.15) is 11.1 Å². The number of hydrogen-bond donors (Lipinski definition) is 1. The van der Waals surface area contributed by atoms with Crippen molar-refractivity contribution in [3.05, 3.63) is 0 Å². The molecule has 1 heterocycles. The molecule has 8 heteroatoms. The number of nitrogens with one attached hydrogen (secondary N) is 1. The van der Waals surface area contributed by atoms with Gasteiger partial charge in [0.15, 0.2) is 6.23 Å². The number of carbonyl (C=O) groups is 2. The SMILES string of the molecule is CC(C(F)(F)F)C1(C)NC(CCC(=O)OC(C)(C)C)OC1=O. The topological polar surface area (TPSA) is 64.6 Å².